The van der Waals surface area contributed by atoms with E-state index in [-0.39, 0.29) is 38.1 Å². The zero-order valence-electron chi connectivity index (χ0n) is 20.6. The molecule has 8 heteroatoms. The lowest BCUT2D eigenvalue weighted by atomic mass is 9.80. The molecule has 3 rings (SSSR count). The number of aliphatic carboxylic acids is 1. The number of nitrogens with one attached hydrogen (secondary N) is 1. The molecule has 35 heavy (non-hydrogen) atoms. The maximum Gasteiger partial charge on any atom is 0.407 e. The highest BCUT2D eigenvalue weighted by atomic mass is 16.5. The molecule has 0 aliphatic heterocycles. The normalized spacial score (nSPS) is 12.5. The van der Waals surface area contributed by atoms with Gasteiger partial charge in [-0.15, -0.1) is 0 Å². The number of carbonyl (C=O) groups is 3. The van der Waals surface area contributed by atoms with Crippen LogP contribution in [0.1, 0.15) is 43.7 Å². The molecule has 0 heterocycles. The van der Waals surface area contributed by atoms with Crippen molar-refractivity contribution in [3.63, 3.8) is 0 Å². The number of alkyl carbamates (subject to hydrolysis) is 1. The lowest BCUT2D eigenvalue weighted by Gasteiger charge is -2.35. The molecule has 2 aromatic rings. The Kier molecular flexibility index (Phi) is 8.87. The van der Waals surface area contributed by atoms with Gasteiger partial charge in [-0.2, -0.15) is 0 Å². The zero-order chi connectivity index (χ0) is 25.4. The molecule has 2 amide bonds. The van der Waals surface area contributed by atoms with Gasteiger partial charge in [-0.1, -0.05) is 62.4 Å². The van der Waals surface area contributed by atoms with E-state index < -0.39 is 24.0 Å². The first kappa shape index (κ1) is 26.2. The fourth-order valence-electron chi connectivity index (χ4n) is 4.72. The van der Waals surface area contributed by atoms with Gasteiger partial charge in [0.2, 0.25) is 5.91 Å². The molecule has 0 atom stereocenters. The Morgan fingerprint density at radius 1 is 1.00 bits per heavy atom. The number of methoxy groups -OCH3 is 1. The Morgan fingerprint density at radius 3 is 2.09 bits per heavy atom. The molecule has 2 aromatic carbocycles. The second kappa shape index (κ2) is 11.8. The van der Waals surface area contributed by atoms with Gasteiger partial charge in [0.25, 0.3) is 0 Å². The molecule has 0 unspecified atom stereocenters. The first-order valence-electron chi connectivity index (χ1n) is 12.0. The summed E-state index contributed by atoms with van der Waals surface area (Å²) in [6.45, 7) is 3.91. The van der Waals surface area contributed by atoms with E-state index in [9.17, 15) is 19.5 Å². The quantitative estimate of drug-likeness (QED) is 0.476. The summed E-state index contributed by atoms with van der Waals surface area (Å²) in [6, 6.07) is 16.2. The van der Waals surface area contributed by atoms with Crippen LogP contribution in [-0.2, 0) is 19.1 Å². The summed E-state index contributed by atoms with van der Waals surface area (Å²) in [4.78, 5) is 38.6. The number of carboxylic acids is 1. The van der Waals surface area contributed by atoms with Crippen molar-refractivity contribution < 1.29 is 29.0 Å². The first-order chi connectivity index (χ1) is 16.9. The van der Waals surface area contributed by atoms with E-state index in [1.54, 1.807) is 0 Å². The monoisotopic (exact) mass is 482 g/mol. The number of hydrogen-bond donors (Lipinski definition) is 2. The van der Waals surface area contributed by atoms with E-state index in [1.165, 1.54) is 12.0 Å². The van der Waals surface area contributed by atoms with Crippen molar-refractivity contribution in [1.29, 1.82) is 0 Å². The number of fused-ring (bicyclic) bond motifs is 3. The Labute approximate surface area is 206 Å². The van der Waals surface area contributed by atoms with E-state index in [0.717, 1.165) is 22.3 Å². The summed E-state index contributed by atoms with van der Waals surface area (Å²) in [5, 5.41) is 12.0. The van der Waals surface area contributed by atoms with Gasteiger partial charge >= 0.3 is 12.1 Å². The number of hydrogen-bond acceptors (Lipinski definition) is 5. The van der Waals surface area contributed by atoms with Gasteiger partial charge in [-0.25, -0.2) is 4.79 Å². The van der Waals surface area contributed by atoms with Crippen LogP contribution in [-0.4, -0.2) is 67.9 Å². The molecule has 1 aliphatic rings. The van der Waals surface area contributed by atoms with Gasteiger partial charge in [0.15, 0.2) is 0 Å². The molecular weight excluding hydrogens is 448 g/mol. The van der Waals surface area contributed by atoms with Crippen molar-refractivity contribution >= 4 is 18.0 Å². The van der Waals surface area contributed by atoms with Gasteiger partial charge in [0.05, 0.1) is 12.0 Å². The van der Waals surface area contributed by atoms with Crippen LogP contribution < -0.4 is 5.32 Å². The highest BCUT2D eigenvalue weighted by Gasteiger charge is 2.39. The number of carboxylic acid groups (broad SMARTS) is 1. The summed E-state index contributed by atoms with van der Waals surface area (Å²) in [5.74, 6) is -1.47. The molecule has 0 saturated carbocycles. The predicted octanol–water partition coefficient (Wildman–Crippen LogP) is 3.89. The minimum Gasteiger partial charge on any atom is -0.480 e. The van der Waals surface area contributed by atoms with Crippen LogP contribution in [0.25, 0.3) is 11.1 Å². The first-order valence-corrected chi connectivity index (χ1v) is 12.0. The lowest BCUT2D eigenvalue weighted by Crippen LogP contribution is -2.51. The summed E-state index contributed by atoms with van der Waals surface area (Å²) >= 11 is 0. The Morgan fingerprint density at radius 2 is 1.57 bits per heavy atom. The van der Waals surface area contributed by atoms with E-state index in [2.05, 4.69) is 29.6 Å². The van der Waals surface area contributed by atoms with Crippen LogP contribution in [0.15, 0.2) is 48.5 Å². The smallest absolute Gasteiger partial charge is 0.407 e. The van der Waals surface area contributed by atoms with Crippen molar-refractivity contribution in [2.75, 3.05) is 40.0 Å². The fourth-order valence-corrected chi connectivity index (χ4v) is 4.72. The molecule has 0 aromatic heterocycles. The van der Waals surface area contributed by atoms with Crippen LogP contribution in [0.2, 0.25) is 0 Å². The van der Waals surface area contributed by atoms with Gasteiger partial charge < -0.3 is 24.8 Å². The van der Waals surface area contributed by atoms with Crippen molar-refractivity contribution in [1.82, 2.24) is 10.2 Å². The third-order valence-corrected chi connectivity index (χ3v) is 6.90. The van der Waals surface area contributed by atoms with Crippen LogP contribution in [0.5, 0.6) is 0 Å². The van der Waals surface area contributed by atoms with Crippen molar-refractivity contribution in [3.8, 4) is 11.1 Å². The second-order valence-electron chi connectivity index (χ2n) is 8.78. The molecule has 0 spiro atoms. The van der Waals surface area contributed by atoms with E-state index in [4.69, 9.17) is 9.47 Å². The third kappa shape index (κ3) is 5.82. The zero-order valence-corrected chi connectivity index (χ0v) is 20.6. The molecule has 2 N–H and O–H groups in total. The topological polar surface area (TPSA) is 105 Å². The maximum absolute atomic E-state index is 13.3. The number of benzene rings is 2. The Bertz CT molecular complexity index is 1000. The lowest BCUT2D eigenvalue weighted by molar-refractivity contribution is -0.150. The minimum absolute atomic E-state index is 0.0542. The third-order valence-electron chi connectivity index (χ3n) is 6.90. The summed E-state index contributed by atoms with van der Waals surface area (Å²) in [7, 11) is 1.50. The van der Waals surface area contributed by atoms with Crippen LogP contribution in [0.4, 0.5) is 4.79 Å². The standard InChI is InChI=1S/C27H34N2O6/c1-4-27(5-2,25(32)29(14-15-34-3)16-24(30)31)18-28-26(33)35-17-23-21-12-8-6-10-19(21)20-11-7-9-13-22(20)23/h6-13,23H,4-5,14-18H2,1-3H3,(H,28,33)(H,30,31). The summed E-state index contributed by atoms with van der Waals surface area (Å²) in [6.07, 6.45) is 0.275. The van der Waals surface area contributed by atoms with Gasteiger partial charge in [0.1, 0.15) is 13.2 Å². The van der Waals surface area contributed by atoms with E-state index >= 15 is 0 Å². The Balaban J connectivity index is 1.66. The highest BCUT2D eigenvalue weighted by Crippen LogP contribution is 2.44. The molecule has 0 bridgehead atoms. The van der Waals surface area contributed by atoms with Crippen molar-refractivity contribution in [2.45, 2.75) is 32.6 Å². The van der Waals surface area contributed by atoms with Crippen LogP contribution in [0, 0.1) is 5.41 Å². The molecule has 0 radical (unpaired) electrons. The molecule has 1 aliphatic carbocycles. The van der Waals surface area contributed by atoms with Gasteiger partial charge in [-0.05, 0) is 35.1 Å². The Hall–Kier alpha value is -3.39. The number of ether oxygens (including phenoxy) is 2. The molecule has 188 valence electrons. The summed E-state index contributed by atoms with van der Waals surface area (Å²) in [5.41, 5.74) is 3.60. The van der Waals surface area contributed by atoms with Crippen molar-refractivity contribution in [3.05, 3.63) is 59.7 Å². The highest BCUT2D eigenvalue weighted by molar-refractivity contribution is 5.86. The largest absolute Gasteiger partial charge is 0.480 e. The average molecular weight is 483 g/mol. The number of rotatable bonds is 12. The van der Waals surface area contributed by atoms with Gasteiger partial charge in [0, 0.05) is 26.1 Å². The van der Waals surface area contributed by atoms with Gasteiger partial charge in [-0.3, -0.25) is 9.59 Å². The second-order valence-corrected chi connectivity index (χ2v) is 8.78. The van der Waals surface area contributed by atoms with Crippen LogP contribution in [0.3, 0.4) is 0 Å². The predicted molar refractivity (Wildman–Crippen MR) is 132 cm³/mol. The maximum atomic E-state index is 13.3. The molecule has 0 fully saturated rings. The van der Waals surface area contributed by atoms with E-state index in [0.29, 0.717) is 12.8 Å². The average Bonchev–Trinajstić information content (AvgIpc) is 3.19. The molecule has 8 nitrogen and oxygen atoms in total. The molecule has 0 saturated heterocycles. The summed E-state index contributed by atoms with van der Waals surface area (Å²) < 4.78 is 10.6. The minimum atomic E-state index is -1.10. The van der Waals surface area contributed by atoms with Crippen LogP contribution >= 0.6 is 0 Å². The fraction of sp³-hybridized carbons (Fsp3) is 0.444. The number of carbonyl (C=O) groups excluding carboxylic acids is 2. The number of amides is 2. The number of nitrogens with zero attached hydrogens (tertiary/aromatic N) is 1. The van der Waals surface area contributed by atoms with Crippen molar-refractivity contribution in [2.24, 2.45) is 5.41 Å². The SMILES string of the molecule is CCC(CC)(CNC(=O)OCC1c2ccccc2-c2ccccc21)C(=O)N(CCOC)CC(=O)O. The molecular formula is C27H34N2O6. The van der Waals surface area contributed by atoms with E-state index in [1.807, 2.05) is 38.1 Å².